The Morgan fingerprint density at radius 3 is 2.35 bits per heavy atom. The van der Waals surface area contributed by atoms with Gasteiger partial charge in [0.25, 0.3) is 0 Å². The Morgan fingerprint density at radius 2 is 1.74 bits per heavy atom. The van der Waals surface area contributed by atoms with Crippen molar-refractivity contribution < 1.29 is 13.9 Å². The summed E-state index contributed by atoms with van der Waals surface area (Å²) in [6, 6.07) is 8.27. The van der Waals surface area contributed by atoms with Crippen molar-refractivity contribution in [3.8, 4) is 5.75 Å². The molecule has 0 spiro atoms. The number of ether oxygens (including phenoxy) is 2. The van der Waals surface area contributed by atoms with E-state index in [0.717, 1.165) is 18.6 Å². The Morgan fingerprint density at radius 1 is 1.06 bits per heavy atom. The van der Waals surface area contributed by atoms with Crippen molar-refractivity contribution in [1.29, 1.82) is 0 Å². The third kappa shape index (κ3) is 5.46. The van der Waals surface area contributed by atoms with Crippen LogP contribution in [0.5, 0.6) is 5.75 Å². The summed E-state index contributed by atoms with van der Waals surface area (Å²) in [6.45, 7) is 17.2. The molecule has 1 aromatic carbocycles. The van der Waals surface area contributed by atoms with Crippen molar-refractivity contribution in [3.63, 3.8) is 0 Å². The normalized spacial score (nSPS) is 26.6. The van der Waals surface area contributed by atoms with Gasteiger partial charge in [-0.2, -0.15) is 0 Å². The summed E-state index contributed by atoms with van der Waals surface area (Å²) < 4.78 is 19.2. The van der Waals surface area contributed by atoms with Gasteiger partial charge < -0.3 is 13.9 Å². The van der Waals surface area contributed by atoms with E-state index in [0.29, 0.717) is 12.5 Å². The first-order valence-electron chi connectivity index (χ1n) is 12.1. The lowest BCUT2D eigenvalue weighted by atomic mass is 9.75. The minimum atomic E-state index is -1.90. The van der Waals surface area contributed by atoms with Crippen molar-refractivity contribution in [2.75, 3.05) is 7.11 Å². The molecule has 2 aliphatic carbocycles. The van der Waals surface area contributed by atoms with Gasteiger partial charge in [-0.05, 0) is 79.3 Å². The van der Waals surface area contributed by atoms with Crippen LogP contribution in [0.1, 0.15) is 72.3 Å². The second-order valence-corrected chi connectivity index (χ2v) is 16.3. The van der Waals surface area contributed by atoms with Crippen LogP contribution in [-0.4, -0.2) is 27.6 Å². The third-order valence-electron chi connectivity index (χ3n) is 8.18. The lowest BCUT2D eigenvalue weighted by Gasteiger charge is -2.44. The van der Waals surface area contributed by atoms with Gasteiger partial charge in [0.2, 0.25) is 0 Å². The van der Waals surface area contributed by atoms with E-state index in [-0.39, 0.29) is 22.7 Å². The number of benzene rings is 1. The SMILES string of the molecule is COc1ccc(CO[C@@H]2C3CCC(=CCCC[C@@H]2O[Si](C)(C)C(C)(C)C)C3(C)C)cc1. The van der Waals surface area contributed by atoms with Crippen LogP contribution in [0.4, 0.5) is 0 Å². The molecule has 4 heteroatoms. The molecule has 2 bridgehead atoms. The summed E-state index contributed by atoms with van der Waals surface area (Å²) >= 11 is 0. The minimum absolute atomic E-state index is 0.121. The first kappa shape index (κ1) is 24.5. The number of hydrogen-bond acceptors (Lipinski definition) is 3. The van der Waals surface area contributed by atoms with E-state index in [2.05, 4.69) is 65.9 Å². The highest BCUT2D eigenvalue weighted by Crippen LogP contribution is 2.52. The van der Waals surface area contributed by atoms with Crippen LogP contribution in [0.2, 0.25) is 18.1 Å². The molecule has 1 aromatic rings. The Labute approximate surface area is 191 Å². The second-order valence-electron chi connectivity index (χ2n) is 11.6. The zero-order chi connectivity index (χ0) is 22.9. The van der Waals surface area contributed by atoms with Crippen LogP contribution in [0.25, 0.3) is 0 Å². The maximum absolute atomic E-state index is 7.09. The first-order chi connectivity index (χ1) is 14.5. The molecule has 3 rings (SSSR count). The number of rotatable bonds is 6. The summed E-state index contributed by atoms with van der Waals surface area (Å²) in [4.78, 5) is 0. The summed E-state index contributed by atoms with van der Waals surface area (Å²) in [5, 5.41) is 0.195. The molecular weight excluding hydrogens is 400 g/mol. The lowest BCUT2D eigenvalue weighted by molar-refractivity contribution is -0.0898. The van der Waals surface area contributed by atoms with Gasteiger partial charge in [-0.1, -0.05) is 58.4 Å². The fraction of sp³-hybridized carbons (Fsp3) is 0.704. The van der Waals surface area contributed by atoms with Crippen molar-refractivity contribution in [2.45, 2.75) is 104 Å². The van der Waals surface area contributed by atoms with Crippen LogP contribution in [-0.2, 0) is 15.8 Å². The number of fused-ring (bicyclic) bond motifs is 2. The van der Waals surface area contributed by atoms with Crippen LogP contribution in [0.3, 0.4) is 0 Å². The van der Waals surface area contributed by atoms with E-state index in [4.69, 9.17) is 13.9 Å². The van der Waals surface area contributed by atoms with Gasteiger partial charge >= 0.3 is 0 Å². The van der Waals surface area contributed by atoms with Gasteiger partial charge in [0.1, 0.15) is 5.75 Å². The minimum Gasteiger partial charge on any atom is -0.497 e. The van der Waals surface area contributed by atoms with E-state index < -0.39 is 8.32 Å². The Balaban J connectivity index is 1.88. The fourth-order valence-corrected chi connectivity index (χ4v) is 6.37. The molecule has 1 saturated carbocycles. The lowest BCUT2D eigenvalue weighted by Crippen LogP contribution is -2.50. The highest BCUT2D eigenvalue weighted by atomic mass is 28.4. The number of hydrogen-bond donors (Lipinski definition) is 0. The fourth-order valence-electron chi connectivity index (χ4n) is 5.01. The molecule has 31 heavy (non-hydrogen) atoms. The first-order valence-corrected chi connectivity index (χ1v) is 15.0. The molecule has 3 nitrogen and oxygen atoms in total. The second kappa shape index (κ2) is 9.41. The molecular formula is C27H44O3Si. The molecule has 1 unspecified atom stereocenters. The predicted molar refractivity (Wildman–Crippen MR) is 132 cm³/mol. The number of methoxy groups -OCH3 is 1. The largest absolute Gasteiger partial charge is 0.497 e. The maximum Gasteiger partial charge on any atom is 0.192 e. The van der Waals surface area contributed by atoms with Crippen LogP contribution in [0, 0.1) is 11.3 Å². The van der Waals surface area contributed by atoms with Crippen molar-refractivity contribution in [2.24, 2.45) is 11.3 Å². The zero-order valence-electron chi connectivity index (χ0n) is 21.1. The predicted octanol–water partition coefficient (Wildman–Crippen LogP) is 7.52. The molecule has 2 aliphatic rings. The van der Waals surface area contributed by atoms with Crippen molar-refractivity contribution in [1.82, 2.24) is 0 Å². The average Bonchev–Trinajstić information content (AvgIpc) is 3.00. The molecule has 0 radical (unpaired) electrons. The van der Waals surface area contributed by atoms with Gasteiger partial charge in [-0.15, -0.1) is 0 Å². The van der Waals surface area contributed by atoms with Gasteiger partial charge in [0, 0.05) is 0 Å². The van der Waals surface area contributed by atoms with Crippen LogP contribution >= 0.6 is 0 Å². The Bertz CT molecular complexity index is 758. The quantitative estimate of drug-likeness (QED) is 0.335. The van der Waals surface area contributed by atoms with Crippen molar-refractivity contribution in [3.05, 3.63) is 41.5 Å². The topological polar surface area (TPSA) is 27.7 Å². The van der Waals surface area contributed by atoms with E-state index in [1.54, 1.807) is 12.7 Å². The van der Waals surface area contributed by atoms with E-state index in [1.165, 1.54) is 24.8 Å². The maximum atomic E-state index is 7.09. The summed E-state index contributed by atoms with van der Waals surface area (Å²) in [6.07, 6.45) is 8.62. The molecule has 0 aliphatic heterocycles. The zero-order valence-corrected chi connectivity index (χ0v) is 22.1. The van der Waals surface area contributed by atoms with E-state index >= 15 is 0 Å². The van der Waals surface area contributed by atoms with Crippen molar-refractivity contribution >= 4 is 8.32 Å². The molecule has 0 aromatic heterocycles. The molecule has 0 N–H and O–H groups in total. The molecule has 0 amide bonds. The molecule has 174 valence electrons. The Hall–Kier alpha value is -1.10. The van der Waals surface area contributed by atoms with Gasteiger partial charge in [0.05, 0.1) is 25.9 Å². The van der Waals surface area contributed by atoms with Gasteiger partial charge in [-0.25, -0.2) is 0 Å². The third-order valence-corrected chi connectivity index (χ3v) is 12.7. The smallest absolute Gasteiger partial charge is 0.192 e. The average molecular weight is 445 g/mol. The van der Waals surface area contributed by atoms with Gasteiger partial charge in [-0.3, -0.25) is 0 Å². The summed E-state index contributed by atoms with van der Waals surface area (Å²) in [5.74, 6) is 1.38. The monoisotopic (exact) mass is 444 g/mol. The highest BCUT2D eigenvalue weighted by Gasteiger charge is 2.49. The van der Waals surface area contributed by atoms with E-state index in [9.17, 15) is 0 Å². The summed E-state index contributed by atoms with van der Waals surface area (Å²) in [5.41, 5.74) is 2.99. The standard InChI is InChI=1S/C27H44O3Si/c1-26(2,3)31(7,8)30-24-12-10-9-11-21-15-18-23(27(21,4)5)25(24)29-19-20-13-16-22(28-6)17-14-20/h11,13-14,16-17,23-25H,9-10,12,15,18-19H2,1-8H3/t23?,24-,25+/m0/s1. The number of allylic oxidation sites excluding steroid dienone is 2. The highest BCUT2D eigenvalue weighted by molar-refractivity contribution is 6.74. The van der Waals surface area contributed by atoms with Crippen LogP contribution < -0.4 is 4.74 Å². The molecule has 1 fully saturated rings. The molecule has 0 saturated heterocycles. The molecule has 0 heterocycles. The molecule has 3 atom stereocenters. The van der Waals surface area contributed by atoms with Crippen LogP contribution in [0.15, 0.2) is 35.9 Å². The summed E-state index contributed by atoms with van der Waals surface area (Å²) in [7, 11) is -0.191. The Kier molecular flexibility index (Phi) is 7.45. The van der Waals surface area contributed by atoms with Gasteiger partial charge in [0.15, 0.2) is 8.32 Å². The van der Waals surface area contributed by atoms with E-state index in [1.807, 2.05) is 12.1 Å².